The predicted molar refractivity (Wildman–Crippen MR) is 60.9 cm³/mol. The lowest BCUT2D eigenvalue weighted by Gasteiger charge is -2.27. The van der Waals surface area contributed by atoms with Gasteiger partial charge in [0.15, 0.2) is 0 Å². The van der Waals surface area contributed by atoms with E-state index in [2.05, 4.69) is 5.32 Å². The molecule has 2 unspecified atom stereocenters. The largest absolute Gasteiger partial charge is 0.419 e. The van der Waals surface area contributed by atoms with Gasteiger partial charge in [-0.05, 0) is 37.1 Å². The highest BCUT2D eigenvalue weighted by Gasteiger charge is 2.35. The number of hydrogen-bond donors (Lipinski definition) is 1. The fourth-order valence-electron chi connectivity index (χ4n) is 2.29. The van der Waals surface area contributed by atoms with E-state index in [9.17, 15) is 22.0 Å². The van der Waals surface area contributed by atoms with Crippen LogP contribution in [0.2, 0.25) is 0 Å². The first-order valence-electron chi connectivity index (χ1n) is 6.13. The van der Waals surface area contributed by atoms with Crippen LogP contribution in [0.5, 0.6) is 0 Å². The molecule has 0 amide bonds. The highest BCUT2D eigenvalue weighted by Crippen LogP contribution is 2.35. The van der Waals surface area contributed by atoms with Gasteiger partial charge in [-0.1, -0.05) is 12.5 Å². The van der Waals surface area contributed by atoms with Crippen LogP contribution in [0.3, 0.4) is 0 Å². The van der Waals surface area contributed by atoms with Crippen molar-refractivity contribution in [1.82, 2.24) is 5.32 Å². The Hall–Kier alpha value is -1.17. The van der Waals surface area contributed by atoms with Crippen molar-refractivity contribution in [2.24, 2.45) is 0 Å². The molecule has 0 spiro atoms. The summed E-state index contributed by atoms with van der Waals surface area (Å²) in [5, 5.41) is 2.94. The van der Waals surface area contributed by atoms with Gasteiger partial charge in [0.25, 0.3) is 0 Å². The molecule has 1 aliphatic heterocycles. The summed E-state index contributed by atoms with van der Waals surface area (Å²) in [5.41, 5.74) is -1.54. The monoisotopic (exact) mass is 279 g/mol. The first kappa shape index (κ1) is 14.2. The van der Waals surface area contributed by atoms with Gasteiger partial charge in [-0.25, -0.2) is 8.78 Å². The van der Waals surface area contributed by atoms with Gasteiger partial charge in [-0.3, -0.25) is 0 Å². The zero-order valence-electron chi connectivity index (χ0n) is 10.1. The van der Waals surface area contributed by atoms with E-state index in [1.807, 2.05) is 0 Å². The molecular weight excluding hydrogens is 265 g/mol. The molecule has 0 aliphatic carbocycles. The Morgan fingerprint density at radius 2 is 1.95 bits per heavy atom. The van der Waals surface area contributed by atoms with Crippen LogP contribution in [-0.4, -0.2) is 12.6 Å². The summed E-state index contributed by atoms with van der Waals surface area (Å²) < 4.78 is 65.0. The molecule has 2 rings (SSSR count). The van der Waals surface area contributed by atoms with Crippen molar-refractivity contribution < 1.29 is 22.0 Å². The predicted octanol–water partition coefficient (Wildman–Crippen LogP) is 4.00. The second-order valence-electron chi connectivity index (χ2n) is 4.70. The molecule has 1 aromatic carbocycles. The standard InChI is InChI=1S/C13H14F5N/c14-10-5-4-8(7-9(10)13(16,17)18)12(15)11-3-1-2-6-19-11/h4-5,7,11-12,19H,1-3,6H2. The van der Waals surface area contributed by atoms with Crippen molar-refractivity contribution in [3.63, 3.8) is 0 Å². The minimum atomic E-state index is -4.81. The fraction of sp³-hybridized carbons (Fsp3) is 0.538. The second kappa shape index (κ2) is 5.45. The van der Waals surface area contributed by atoms with Crippen molar-refractivity contribution >= 4 is 0 Å². The van der Waals surface area contributed by atoms with E-state index in [-0.39, 0.29) is 5.56 Å². The van der Waals surface area contributed by atoms with Crippen LogP contribution in [0.1, 0.15) is 36.6 Å². The topological polar surface area (TPSA) is 12.0 Å². The number of piperidine rings is 1. The molecule has 0 aromatic heterocycles. The highest BCUT2D eigenvalue weighted by molar-refractivity contribution is 5.29. The SMILES string of the molecule is Fc1ccc(C(F)C2CCCCN2)cc1C(F)(F)F. The van der Waals surface area contributed by atoms with Crippen molar-refractivity contribution in [2.45, 2.75) is 37.7 Å². The number of hydrogen-bond acceptors (Lipinski definition) is 1. The van der Waals surface area contributed by atoms with Gasteiger partial charge in [-0.15, -0.1) is 0 Å². The molecule has 106 valence electrons. The van der Waals surface area contributed by atoms with Crippen molar-refractivity contribution in [1.29, 1.82) is 0 Å². The molecule has 1 aromatic rings. The third-order valence-corrected chi connectivity index (χ3v) is 3.32. The minimum Gasteiger partial charge on any atom is -0.311 e. The van der Waals surface area contributed by atoms with Gasteiger partial charge in [0.2, 0.25) is 0 Å². The summed E-state index contributed by atoms with van der Waals surface area (Å²) in [6.45, 7) is 0.651. The van der Waals surface area contributed by atoms with Crippen LogP contribution in [0, 0.1) is 5.82 Å². The molecule has 1 N–H and O–H groups in total. The summed E-state index contributed by atoms with van der Waals surface area (Å²) in [4.78, 5) is 0. The van der Waals surface area contributed by atoms with Crippen molar-refractivity contribution in [3.05, 3.63) is 35.1 Å². The van der Waals surface area contributed by atoms with E-state index in [1.54, 1.807) is 0 Å². The number of rotatable bonds is 2. The molecule has 0 saturated carbocycles. The third-order valence-electron chi connectivity index (χ3n) is 3.32. The van der Waals surface area contributed by atoms with Crippen LogP contribution in [0.15, 0.2) is 18.2 Å². The number of benzene rings is 1. The lowest BCUT2D eigenvalue weighted by Crippen LogP contribution is -2.37. The van der Waals surface area contributed by atoms with Crippen LogP contribution in [0.4, 0.5) is 22.0 Å². The zero-order chi connectivity index (χ0) is 14.0. The lowest BCUT2D eigenvalue weighted by atomic mass is 9.95. The summed E-state index contributed by atoms with van der Waals surface area (Å²) in [5.74, 6) is -1.37. The summed E-state index contributed by atoms with van der Waals surface area (Å²) in [6.07, 6.45) is -4.02. The van der Waals surface area contributed by atoms with E-state index in [1.165, 1.54) is 0 Å². The third kappa shape index (κ3) is 3.23. The van der Waals surface area contributed by atoms with Crippen molar-refractivity contribution in [3.8, 4) is 0 Å². The van der Waals surface area contributed by atoms with Gasteiger partial charge in [-0.2, -0.15) is 13.2 Å². The molecule has 1 fully saturated rings. The summed E-state index contributed by atoms with van der Waals surface area (Å²) in [6, 6.07) is 1.82. The Balaban J connectivity index is 2.24. The average molecular weight is 279 g/mol. The Morgan fingerprint density at radius 1 is 1.21 bits per heavy atom. The van der Waals surface area contributed by atoms with E-state index in [0.717, 1.165) is 18.9 Å². The number of nitrogens with one attached hydrogen (secondary N) is 1. The number of alkyl halides is 4. The Labute approximate surface area is 107 Å². The molecule has 2 atom stereocenters. The van der Waals surface area contributed by atoms with Gasteiger partial charge in [0.05, 0.1) is 5.56 Å². The van der Waals surface area contributed by atoms with E-state index >= 15 is 0 Å². The normalized spacial score (nSPS) is 22.3. The highest BCUT2D eigenvalue weighted by atomic mass is 19.4. The van der Waals surface area contributed by atoms with Gasteiger partial charge in [0, 0.05) is 6.04 Å². The maximum atomic E-state index is 14.2. The maximum Gasteiger partial charge on any atom is 0.419 e. The van der Waals surface area contributed by atoms with Crippen LogP contribution in [-0.2, 0) is 6.18 Å². The van der Waals surface area contributed by atoms with E-state index in [4.69, 9.17) is 0 Å². The molecule has 1 aliphatic rings. The van der Waals surface area contributed by atoms with Gasteiger partial charge in [0.1, 0.15) is 12.0 Å². The van der Waals surface area contributed by atoms with Crippen molar-refractivity contribution in [2.75, 3.05) is 6.54 Å². The van der Waals surface area contributed by atoms with E-state index in [0.29, 0.717) is 25.1 Å². The summed E-state index contributed by atoms with van der Waals surface area (Å²) >= 11 is 0. The van der Waals surface area contributed by atoms with Crippen LogP contribution < -0.4 is 5.32 Å². The van der Waals surface area contributed by atoms with E-state index < -0.39 is 29.8 Å². The van der Waals surface area contributed by atoms with Gasteiger partial charge < -0.3 is 5.32 Å². The number of halogens is 5. The maximum absolute atomic E-state index is 14.2. The first-order valence-corrected chi connectivity index (χ1v) is 6.13. The Bertz CT molecular complexity index is 437. The van der Waals surface area contributed by atoms with Crippen LogP contribution in [0.25, 0.3) is 0 Å². The van der Waals surface area contributed by atoms with Gasteiger partial charge >= 0.3 is 6.18 Å². The Kier molecular flexibility index (Phi) is 4.08. The lowest BCUT2D eigenvalue weighted by molar-refractivity contribution is -0.140. The molecule has 0 bridgehead atoms. The summed E-state index contributed by atoms with van der Waals surface area (Å²) in [7, 11) is 0. The Morgan fingerprint density at radius 3 is 2.53 bits per heavy atom. The van der Waals surface area contributed by atoms with Crippen LogP contribution >= 0.6 is 0 Å². The molecule has 1 heterocycles. The molecule has 1 saturated heterocycles. The molecule has 0 radical (unpaired) electrons. The first-order chi connectivity index (χ1) is 8.89. The molecule has 19 heavy (non-hydrogen) atoms. The minimum absolute atomic E-state index is 0.131. The molecule has 1 nitrogen and oxygen atoms in total. The quantitative estimate of drug-likeness (QED) is 0.807. The second-order valence-corrected chi connectivity index (χ2v) is 4.70. The zero-order valence-corrected chi connectivity index (χ0v) is 10.1. The molecule has 6 heteroatoms. The smallest absolute Gasteiger partial charge is 0.311 e. The molecular formula is C13H14F5N. The fourth-order valence-corrected chi connectivity index (χ4v) is 2.29. The average Bonchev–Trinajstić information content (AvgIpc) is 2.38.